The normalized spacial score (nSPS) is 13.5. The summed E-state index contributed by atoms with van der Waals surface area (Å²) in [5.74, 6) is 0.178. The second kappa shape index (κ2) is 9.22. The number of hydrogen-bond donors (Lipinski definition) is 2. The lowest BCUT2D eigenvalue weighted by atomic mass is 10.0. The maximum Gasteiger partial charge on any atom is 0.416 e. The van der Waals surface area contributed by atoms with Gasteiger partial charge in [-0.3, -0.25) is 0 Å². The second-order valence-electron chi connectivity index (χ2n) is 6.07. The van der Waals surface area contributed by atoms with Gasteiger partial charge in [-0.15, -0.1) is 0 Å². The number of carbonyl (C=O) groups is 1. The fourth-order valence-corrected chi connectivity index (χ4v) is 3.30. The number of nitrogens with one attached hydrogen (secondary N) is 2. The first kappa shape index (κ1) is 22.2. The summed E-state index contributed by atoms with van der Waals surface area (Å²) in [5, 5.41) is 2.57. The highest BCUT2D eigenvalue weighted by molar-refractivity contribution is 7.89. The van der Waals surface area contributed by atoms with Crippen LogP contribution in [0.3, 0.4) is 0 Å². The molecule has 0 aromatic heterocycles. The third-order valence-electron chi connectivity index (χ3n) is 3.37. The van der Waals surface area contributed by atoms with Gasteiger partial charge in [0.05, 0.1) is 17.1 Å². The Morgan fingerprint density at radius 2 is 1.77 bits per heavy atom. The molecule has 2 N–H and O–H groups in total. The van der Waals surface area contributed by atoms with Crippen molar-refractivity contribution in [2.75, 3.05) is 13.2 Å². The number of sulfonamides is 1. The zero-order valence-electron chi connectivity index (χ0n) is 14.8. The molecule has 0 radical (unpaired) electrons. The van der Waals surface area contributed by atoms with Crippen LogP contribution in [0.4, 0.5) is 18.0 Å². The predicted molar refractivity (Wildman–Crippen MR) is 90.0 cm³/mol. The van der Waals surface area contributed by atoms with Crippen LogP contribution >= 0.6 is 0 Å². The third-order valence-corrected chi connectivity index (χ3v) is 4.80. The first-order chi connectivity index (χ1) is 12.0. The third kappa shape index (κ3) is 7.20. The Hall–Kier alpha value is -1.81. The topological polar surface area (TPSA) is 84.5 Å². The number of rotatable bonds is 8. The average Bonchev–Trinajstić information content (AvgIpc) is 2.52. The van der Waals surface area contributed by atoms with Crippen LogP contribution in [0, 0.1) is 5.92 Å². The Morgan fingerprint density at radius 1 is 1.19 bits per heavy atom. The number of hydrogen-bond acceptors (Lipinski definition) is 4. The minimum atomic E-state index is -4.54. The van der Waals surface area contributed by atoms with E-state index in [0.717, 1.165) is 12.1 Å². The summed E-state index contributed by atoms with van der Waals surface area (Å²) in [7, 11) is -4.01. The number of alkyl halides is 3. The summed E-state index contributed by atoms with van der Waals surface area (Å²) < 4.78 is 69.3. The highest BCUT2D eigenvalue weighted by atomic mass is 32.2. The van der Waals surface area contributed by atoms with E-state index in [-0.39, 0.29) is 24.0 Å². The number of carbonyl (C=O) groups excluding carboxylic acids is 1. The molecule has 0 aliphatic heterocycles. The van der Waals surface area contributed by atoms with E-state index < -0.39 is 33.9 Å². The van der Waals surface area contributed by atoms with Crippen molar-refractivity contribution in [3.63, 3.8) is 0 Å². The summed E-state index contributed by atoms with van der Waals surface area (Å²) >= 11 is 0. The first-order valence-corrected chi connectivity index (χ1v) is 9.54. The van der Waals surface area contributed by atoms with Crippen molar-refractivity contribution in [3.05, 3.63) is 29.8 Å². The monoisotopic (exact) mass is 396 g/mol. The average molecular weight is 396 g/mol. The molecule has 0 heterocycles. The molecule has 10 heteroatoms. The second-order valence-corrected chi connectivity index (χ2v) is 7.83. The lowest BCUT2D eigenvalue weighted by Gasteiger charge is -2.20. The van der Waals surface area contributed by atoms with Crippen LogP contribution in [0.2, 0.25) is 0 Å². The zero-order chi connectivity index (χ0) is 20.0. The van der Waals surface area contributed by atoms with E-state index in [0.29, 0.717) is 18.6 Å². The number of halogens is 3. The van der Waals surface area contributed by atoms with Crippen molar-refractivity contribution >= 4 is 16.1 Å². The summed E-state index contributed by atoms with van der Waals surface area (Å²) in [5.41, 5.74) is -0.932. The van der Waals surface area contributed by atoms with Gasteiger partial charge in [0.25, 0.3) is 0 Å². The van der Waals surface area contributed by atoms with Crippen molar-refractivity contribution in [2.24, 2.45) is 5.92 Å². The number of amides is 1. The van der Waals surface area contributed by atoms with Crippen molar-refractivity contribution in [3.8, 4) is 0 Å². The maximum absolute atomic E-state index is 12.6. The maximum atomic E-state index is 12.6. The molecule has 1 atom stereocenters. The summed E-state index contributed by atoms with van der Waals surface area (Å²) in [6.45, 7) is 5.52. The summed E-state index contributed by atoms with van der Waals surface area (Å²) in [6, 6.07) is 2.68. The Kier molecular flexibility index (Phi) is 7.88. The highest BCUT2D eigenvalue weighted by Crippen LogP contribution is 2.29. The van der Waals surface area contributed by atoms with Crippen molar-refractivity contribution < 1.29 is 31.1 Å². The molecule has 0 aliphatic rings. The largest absolute Gasteiger partial charge is 0.450 e. The van der Waals surface area contributed by atoms with Gasteiger partial charge in [-0.25, -0.2) is 17.9 Å². The Morgan fingerprint density at radius 3 is 2.23 bits per heavy atom. The Labute approximate surface area is 151 Å². The molecular weight excluding hydrogens is 373 g/mol. The van der Waals surface area contributed by atoms with Gasteiger partial charge in [0.1, 0.15) is 0 Å². The molecular formula is C16H23F3N2O4S. The van der Waals surface area contributed by atoms with Gasteiger partial charge in [0.2, 0.25) is 10.0 Å². The molecule has 1 aromatic carbocycles. The predicted octanol–water partition coefficient (Wildman–Crippen LogP) is 3.14. The molecule has 1 aromatic rings. The van der Waals surface area contributed by atoms with Crippen molar-refractivity contribution in [1.29, 1.82) is 0 Å². The Bertz CT molecular complexity index is 688. The van der Waals surface area contributed by atoms with E-state index in [2.05, 4.69) is 10.0 Å². The summed E-state index contributed by atoms with van der Waals surface area (Å²) in [4.78, 5) is 11.3. The van der Waals surface area contributed by atoms with Crippen LogP contribution in [0.25, 0.3) is 0 Å². The van der Waals surface area contributed by atoms with Crippen LogP contribution < -0.4 is 10.0 Å². The standard InChI is InChI=1S/C16H23F3N2O4S/c1-4-25-15(22)21-13(9-11(2)3)10-20-26(23,24)14-7-5-12(6-8-14)16(17,18)19/h5-8,11,13,20H,4,9-10H2,1-3H3,(H,21,22). The zero-order valence-corrected chi connectivity index (χ0v) is 15.6. The summed E-state index contributed by atoms with van der Waals surface area (Å²) in [6.07, 6.45) is -4.71. The molecule has 0 saturated heterocycles. The lowest BCUT2D eigenvalue weighted by Crippen LogP contribution is -2.44. The van der Waals surface area contributed by atoms with Gasteiger partial charge in [-0.2, -0.15) is 13.2 Å². The molecule has 0 spiro atoms. The van der Waals surface area contributed by atoms with E-state index in [1.165, 1.54) is 0 Å². The fourth-order valence-electron chi connectivity index (χ4n) is 2.22. The first-order valence-electron chi connectivity index (χ1n) is 8.06. The SMILES string of the molecule is CCOC(=O)NC(CNS(=O)(=O)c1ccc(C(F)(F)F)cc1)CC(C)C. The molecule has 1 rings (SSSR count). The molecule has 1 unspecified atom stereocenters. The fraction of sp³-hybridized carbons (Fsp3) is 0.562. The molecule has 0 aliphatic carbocycles. The smallest absolute Gasteiger partial charge is 0.416 e. The molecule has 148 valence electrons. The molecule has 0 fully saturated rings. The quantitative estimate of drug-likeness (QED) is 0.707. The van der Waals surface area contributed by atoms with Crippen LogP contribution in [0.5, 0.6) is 0 Å². The lowest BCUT2D eigenvalue weighted by molar-refractivity contribution is -0.137. The van der Waals surface area contributed by atoms with Crippen molar-refractivity contribution in [1.82, 2.24) is 10.0 Å². The van der Waals surface area contributed by atoms with E-state index in [1.54, 1.807) is 6.92 Å². The van der Waals surface area contributed by atoms with Gasteiger partial charge < -0.3 is 10.1 Å². The molecule has 6 nitrogen and oxygen atoms in total. The van der Waals surface area contributed by atoms with E-state index in [1.807, 2.05) is 13.8 Å². The molecule has 1 amide bonds. The van der Waals surface area contributed by atoms with Gasteiger partial charge in [0.15, 0.2) is 0 Å². The van der Waals surface area contributed by atoms with Crippen molar-refractivity contribution in [2.45, 2.75) is 44.3 Å². The van der Waals surface area contributed by atoms with Crippen LogP contribution in [-0.2, 0) is 20.9 Å². The van der Waals surface area contributed by atoms with Gasteiger partial charge >= 0.3 is 12.3 Å². The van der Waals surface area contributed by atoms with E-state index >= 15 is 0 Å². The number of benzene rings is 1. The van der Waals surface area contributed by atoms with E-state index in [9.17, 15) is 26.4 Å². The Balaban J connectivity index is 2.81. The highest BCUT2D eigenvalue weighted by Gasteiger charge is 2.30. The molecule has 26 heavy (non-hydrogen) atoms. The van der Waals surface area contributed by atoms with Crippen LogP contribution in [0.1, 0.15) is 32.8 Å². The van der Waals surface area contributed by atoms with Gasteiger partial charge in [-0.1, -0.05) is 13.8 Å². The van der Waals surface area contributed by atoms with Crippen LogP contribution in [0.15, 0.2) is 29.2 Å². The minimum Gasteiger partial charge on any atom is -0.450 e. The van der Waals surface area contributed by atoms with E-state index in [4.69, 9.17) is 4.74 Å². The molecule has 0 bridgehead atoms. The molecule has 0 saturated carbocycles. The van der Waals surface area contributed by atoms with Gasteiger partial charge in [-0.05, 0) is 43.5 Å². The van der Waals surface area contributed by atoms with Crippen LogP contribution in [-0.4, -0.2) is 33.7 Å². The number of ether oxygens (including phenoxy) is 1. The number of alkyl carbamates (subject to hydrolysis) is 1. The minimum absolute atomic E-state index is 0.111. The van der Waals surface area contributed by atoms with Gasteiger partial charge in [0, 0.05) is 12.6 Å².